The van der Waals surface area contributed by atoms with Gasteiger partial charge in [0.2, 0.25) is 0 Å². The summed E-state index contributed by atoms with van der Waals surface area (Å²) in [5.74, 6) is -6.20. The van der Waals surface area contributed by atoms with Crippen LogP contribution in [0.15, 0.2) is 0 Å². The van der Waals surface area contributed by atoms with Gasteiger partial charge in [-0.2, -0.15) is 22.0 Å². The van der Waals surface area contributed by atoms with Gasteiger partial charge in [-0.15, -0.1) is 0 Å². The first-order valence-electron chi connectivity index (χ1n) is 3.18. The molecular weight excluding hydrogens is 166 g/mol. The van der Waals surface area contributed by atoms with Crippen LogP contribution in [0.4, 0.5) is 22.0 Å². The lowest BCUT2D eigenvalue weighted by atomic mass is 9.65. The van der Waals surface area contributed by atoms with Gasteiger partial charge in [-0.3, -0.25) is 0 Å². The van der Waals surface area contributed by atoms with E-state index in [1.807, 2.05) is 0 Å². The van der Waals surface area contributed by atoms with Crippen LogP contribution < -0.4 is 0 Å². The fourth-order valence-corrected chi connectivity index (χ4v) is 0.536. The van der Waals surface area contributed by atoms with Crippen molar-refractivity contribution < 1.29 is 22.0 Å². The smallest absolute Gasteiger partial charge is 0.197 e. The minimum absolute atomic E-state index is 0.188. The summed E-state index contributed by atoms with van der Waals surface area (Å²) in [6, 6.07) is 0. The van der Waals surface area contributed by atoms with E-state index in [1.165, 1.54) is 6.82 Å². The first-order chi connectivity index (χ1) is 4.73. The van der Waals surface area contributed by atoms with Crippen molar-refractivity contribution in [2.24, 2.45) is 0 Å². The maximum Gasteiger partial charge on any atom is 0.452 e. The SMILES string of the molecule is CBC(C)C(F)(F)C(F)(F)F. The molecule has 0 aromatic rings. The van der Waals surface area contributed by atoms with Gasteiger partial charge >= 0.3 is 12.1 Å². The van der Waals surface area contributed by atoms with Gasteiger partial charge in [0.05, 0.1) is 0 Å². The summed E-state index contributed by atoms with van der Waals surface area (Å²) in [4.78, 5) is 0. The molecular formula is C5H8BF5. The van der Waals surface area contributed by atoms with E-state index in [2.05, 4.69) is 0 Å². The summed E-state index contributed by atoms with van der Waals surface area (Å²) in [6.45, 7) is 2.18. The van der Waals surface area contributed by atoms with E-state index in [4.69, 9.17) is 0 Å². The molecule has 0 saturated carbocycles. The van der Waals surface area contributed by atoms with Crippen LogP contribution in [-0.2, 0) is 0 Å². The lowest BCUT2D eigenvalue weighted by Crippen LogP contribution is -2.41. The Kier molecular flexibility index (Phi) is 2.91. The zero-order valence-electron chi connectivity index (χ0n) is 6.17. The third kappa shape index (κ3) is 2.07. The van der Waals surface area contributed by atoms with Gasteiger partial charge in [0.1, 0.15) is 7.28 Å². The molecule has 0 radical (unpaired) electrons. The third-order valence-corrected chi connectivity index (χ3v) is 1.61. The molecule has 0 fully saturated rings. The average molecular weight is 174 g/mol. The van der Waals surface area contributed by atoms with Crippen LogP contribution in [0.1, 0.15) is 6.92 Å². The maximum absolute atomic E-state index is 12.2. The topological polar surface area (TPSA) is 0 Å². The van der Waals surface area contributed by atoms with Gasteiger partial charge in [-0.1, -0.05) is 13.7 Å². The van der Waals surface area contributed by atoms with Crippen molar-refractivity contribution in [2.75, 3.05) is 0 Å². The minimum atomic E-state index is -5.41. The van der Waals surface area contributed by atoms with Crippen molar-refractivity contribution in [1.29, 1.82) is 0 Å². The molecule has 66 valence electrons. The Morgan fingerprint density at radius 2 is 1.45 bits per heavy atom. The van der Waals surface area contributed by atoms with Crippen molar-refractivity contribution in [3.05, 3.63) is 0 Å². The molecule has 0 nitrogen and oxygen atoms in total. The molecule has 0 saturated heterocycles. The molecule has 0 aromatic carbocycles. The van der Waals surface area contributed by atoms with E-state index >= 15 is 0 Å². The largest absolute Gasteiger partial charge is 0.452 e. The van der Waals surface area contributed by atoms with Gasteiger partial charge in [0, 0.05) is 5.82 Å². The Morgan fingerprint density at radius 3 is 1.55 bits per heavy atom. The van der Waals surface area contributed by atoms with Crippen molar-refractivity contribution in [2.45, 2.75) is 31.7 Å². The van der Waals surface area contributed by atoms with Crippen molar-refractivity contribution in [3.8, 4) is 0 Å². The molecule has 0 spiro atoms. The first kappa shape index (κ1) is 10.7. The highest BCUT2D eigenvalue weighted by molar-refractivity contribution is 6.35. The lowest BCUT2D eigenvalue weighted by Gasteiger charge is -2.24. The highest BCUT2D eigenvalue weighted by Crippen LogP contribution is 2.43. The zero-order chi connectivity index (χ0) is 9.28. The Hall–Kier alpha value is -0.285. The molecule has 1 unspecified atom stereocenters. The van der Waals surface area contributed by atoms with Crippen molar-refractivity contribution in [1.82, 2.24) is 0 Å². The Bertz CT molecular complexity index is 129. The Morgan fingerprint density at radius 1 is 1.09 bits per heavy atom. The number of halogens is 5. The molecule has 0 rings (SSSR count). The zero-order valence-corrected chi connectivity index (χ0v) is 6.17. The fourth-order valence-electron chi connectivity index (χ4n) is 0.536. The quantitative estimate of drug-likeness (QED) is 0.445. The maximum atomic E-state index is 12.2. The molecule has 11 heavy (non-hydrogen) atoms. The Balaban J connectivity index is 4.45. The van der Waals surface area contributed by atoms with Crippen molar-refractivity contribution in [3.63, 3.8) is 0 Å². The molecule has 0 aliphatic heterocycles. The monoisotopic (exact) mass is 174 g/mol. The predicted molar refractivity (Wildman–Crippen MR) is 33.4 cm³/mol. The molecule has 0 aromatic heterocycles. The van der Waals surface area contributed by atoms with Gasteiger partial charge < -0.3 is 0 Å². The second kappa shape index (κ2) is 2.99. The normalized spacial score (nSPS) is 16.3. The van der Waals surface area contributed by atoms with E-state index in [0.29, 0.717) is 0 Å². The van der Waals surface area contributed by atoms with Crippen LogP contribution in [0.2, 0.25) is 12.6 Å². The van der Waals surface area contributed by atoms with Crippen LogP contribution in [0.5, 0.6) is 0 Å². The molecule has 0 bridgehead atoms. The summed E-state index contributed by atoms with van der Waals surface area (Å²) in [5, 5.41) is 0. The van der Waals surface area contributed by atoms with E-state index in [9.17, 15) is 22.0 Å². The molecule has 6 heteroatoms. The summed E-state index contributed by atoms with van der Waals surface area (Å²) < 4.78 is 59.0. The summed E-state index contributed by atoms with van der Waals surface area (Å²) in [7, 11) is -0.188. The van der Waals surface area contributed by atoms with Crippen molar-refractivity contribution >= 4 is 7.28 Å². The van der Waals surface area contributed by atoms with Crippen LogP contribution in [0, 0.1) is 0 Å². The van der Waals surface area contributed by atoms with Crippen LogP contribution >= 0.6 is 0 Å². The van der Waals surface area contributed by atoms with E-state index in [-0.39, 0.29) is 7.28 Å². The molecule has 0 aliphatic rings. The second-order valence-electron chi connectivity index (χ2n) is 2.43. The first-order valence-corrected chi connectivity index (χ1v) is 3.18. The molecule has 0 heterocycles. The van der Waals surface area contributed by atoms with Gasteiger partial charge in [0.15, 0.2) is 0 Å². The summed E-state index contributed by atoms with van der Waals surface area (Å²) >= 11 is 0. The summed E-state index contributed by atoms with van der Waals surface area (Å²) in [6.07, 6.45) is -5.41. The number of hydrogen-bond donors (Lipinski definition) is 0. The fraction of sp³-hybridized carbons (Fsp3) is 1.00. The van der Waals surface area contributed by atoms with Crippen LogP contribution in [-0.4, -0.2) is 19.4 Å². The molecule has 0 N–H and O–H groups in total. The van der Waals surface area contributed by atoms with Gasteiger partial charge in [0.25, 0.3) is 0 Å². The molecule has 1 atom stereocenters. The van der Waals surface area contributed by atoms with Gasteiger partial charge in [-0.25, -0.2) is 0 Å². The lowest BCUT2D eigenvalue weighted by molar-refractivity contribution is -0.282. The Labute approximate surface area is 62.0 Å². The minimum Gasteiger partial charge on any atom is -0.197 e. The number of rotatable bonds is 2. The van der Waals surface area contributed by atoms with E-state index in [0.717, 1.165) is 6.92 Å². The number of alkyl halides is 5. The van der Waals surface area contributed by atoms with E-state index in [1.54, 1.807) is 0 Å². The van der Waals surface area contributed by atoms with E-state index < -0.39 is 17.9 Å². The second-order valence-corrected chi connectivity index (χ2v) is 2.43. The third-order valence-electron chi connectivity index (χ3n) is 1.61. The van der Waals surface area contributed by atoms with Crippen LogP contribution in [0.3, 0.4) is 0 Å². The summed E-state index contributed by atoms with van der Waals surface area (Å²) in [5.41, 5.74) is 0. The van der Waals surface area contributed by atoms with Gasteiger partial charge in [-0.05, 0) is 0 Å². The highest BCUT2D eigenvalue weighted by Gasteiger charge is 2.59. The van der Waals surface area contributed by atoms with Crippen LogP contribution in [0.25, 0.3) is 0 Å². The molecule has 0 aliphatic carbocycles. The molecule has 0 amide bonds. The highest BCUT2D eigenvalue weighted by atomic mass is 19.4. The average Bonchev–Trinajstić information content (AvgIpc) is 1.83. The predicted octanol–water partition coefficient (Wildman–Crippen LogP) is 2.48. The standard InChI is InChI=1S/C5H8BF5/c1-3(6-2)4(7,8)5(9,10)11/h3,6H,1-2H3. The number of hydrogen-bond acceptors (Lipinski definition) is 0.